The van der Waals surface area contributed by atoms with Gasteiger partial charge in [-0.2, -0.15) is 0 Å². The minimum Gasteiger partial charge on any atom is -0.289 e. The minimum atomic E-state index is 0.126. The summed E-state index contributed by atoms with van der Waals surface area (Å²) < 4.78 is 0. The molecule has 104 valence electrons. The summed E-state index contributed by atoms with van der Waals surface area (Å²) in [6, 6.07) is 16.0. The molecule has 0 N–H and O–H groups in total. The van der Waals surface area contributed by atoms with Crippen molar-refractivity contribution in [1.82, 2.24) is 0 Å². The van der Waals surface area contributed by atoms with Gasteiger partial charge < -0.3 is 0 Å². The topological polar surface area (TPSA) is 17.1 Å². The number of aryl methyl sites for hydroxylation is 2. The lowest BCUT2D eigenvalue weighted by Crippen LogP contribution is -2.02. The molecule has 0 heterocycles. The molecule has 2 rings (SSSR count). The van der Waals surface area contributed by atoms with Crippen LogP contribution in [0.15, 0.2) is 48.5 Å². The molecular weight excluding hydrogens is 244 g/mol. The van der Waals surface area contributed by atoms with Crippen molar-refractivity contribution in [2.24, 2.45) is 0 Å². The van der Waals surface area contributed by atoms with E-state index in [2.05, 4.69) is 26.0 Å². The van der Waals surface area contributed by atoms with Crippen molar-refractivity contribution >= 4 is 5.78 Å². The summed E-state index contributed by atoms with van der Waals surface area (Å²) in [6.45, 7) is 4.31. The Morgan fingerprint density at radius 2 is 1.25 bits per heavy atom. The number of ketones is 1. The second-order valence-electron chi connectivity index (χ2n) is 5.23. The standard InChI is InChI=1S/C19H22O/c1-3-7-15-9-5-11-17(13-15)19(20)18-12-6-10-16(14-18)8-4-2/h5-6,9-14H,3-4,7-8H2,1-2H3. The fourth-order valence-electron chi connectivity index (χ4n) is 2.48. The zero-order chi connectivity index (χ0) is 14.4. The Balaban J connectivity index is 2.26. The van der Waals surface area contributed by atoms with Gasteiger partial charge in [0.05, 0.1) is 0 Å². The molecule has 2 aromatic carbocycles. The van der Waals surface area contributed by atoms with Gasteiger partial charge in [0.25, 0.3) is 0 Å². The second kappa shape index (κ2) is 7.04. The maximum Gasteiger partial charge on any atom is 0.193 e. The molecule has 0 aliphatic carbocycles. The molecule has 0 bridgehead atoms. The molecule has 0 saturated heterocycles. The highest BCUT2D eigenvalue weighted by Gasteiger charge is 2.09. The van der Waals surface area contributed by atoms with E-state index in [1.54, 1.807) is 0 Å². The SMILES string of the molecule is CCCc1cccc(C(=O)c2cccc(CCC)c2)c1. The Bertz CT molecular complexity index is 532. The number of rotatable bonds is 6. The number of benzene rings is 2. The van der Waals surface area contributed by atoms with E-state index in [9.17, 15) is 4.79 Å². The molecule has 1 nitrogen and oxygen atoms in total. The Labute approximate surface area is 121 Å². The average molecular weight is 266 g/mol. The second-order valence-corrected chi connectivity index (χ2v) is 5.23. The first-order valence-electron chi connectivity index (χ1n) is 7.47. The largest absolute Gasteiger partial charge is 0.289 e. The first-order valence-corrected chi connectivity index (χ1v) is 7.47. The summed E-state index contributed by atoms with van der Waals surface area (Å²) in [5, 5.41) is 0. The van der Waals surface area contributed by atoms with Gasteiger partial charge in [-0.25, -0.2) is 0 Å². The van der Waals surface area contributed by atoms with Gasteiger partial charge in [0.1, 0.15) is 0 Å². The normalized spacial score (nSPS) is 10.5. The Morgan fingerprint density at radius 1 is 0.800 bits per heavy atom. The number of carbonyl (C=O) groups is 1. The number of hydrogen-bond acceptors (Lipinski definition) is 1. The molecule has 0 radical (unpaired) electrons. The molecule has 0 amide bonds. The summed E-state index contributed by atoms with van der Waals surface area (Å²) in [5.41, 5.74) is 4.07. The van der Waals surface area contributed by atoms with Crippen LogP contribution < -0.4 is 0 Å². The summed E-state index contributed by atoms with van der Waals surface area (Å²) in [6.07, 6.45) is 4.25. The Morgan fingerprint density at radius 3 is 1.65 bits per heavy atom. The van der Waals surface area contributed by atoms with E-state index in [0.717, 1.165) is 36.8 Å². The molecule has 1 heteroatoms. The van der Waals surface area contributed by atoms with Gasteiger partial charge in [-0.3, -0.25) is 4.79 Å². The van der Waals surface area contributed by atoms with Crippen LogP contribution in [0.2, 0.25) is 0 Å². The molecule has 0 aromatic heterocycles. The summed E-state index contributed by atoms with van der Waals surface area (Å²) in [5.74, 6) is 0.126. The van der Waals surface area contributed by atoms with E-state index < -0.39 is 0 Å². The molecule has 2 aromatic rings. The lowest BCUT2D eigenvalue weighted by atomic mass is 9.98. The van der Waals surface area contributed by atoms with Crippen LogP contribution in [0, 0.1) is 0 Å². The fourth-order valence-corrected chi connectivity index (χ4v) is 2.48. The van der Waals surface area contributed by atoms with Gasteiger partial charge in [-0.15, -0.1) is 0 Å². The maximum absolute atomic E-state index is 12.6. The average Bonchev–Trinajstić information content (AvgIpc) is 2.48. The zero-order valence-corrected chi connectivity index (χ0v) is 12.4. The van der Waals surface area contributed by atoms with Crippen LogP contribution in [-0.2, 0) is 12.8 Å². The monoisotopic (exact) mass is 266 g/mol. The van der Waals surface area contributed by atoms with Gasteiger partial charge in [0.15, 0.2) is 5.78 Å². The number of hydrogen-bond donors (Lipinski definition) is 0. The van der Waals surface area contributed by atoms with Crippen molar-refractivity contribution in [1.29, 1.82) is 0 Å². The first-order chi connectivity index (χ1) is 9.74. The van der Waals surface area contributed by atoms with Crippen molar-refractivity contribution in [2.45, 2.75) is 39.5 Å². The smallest absolute Gasteiger partial charge is 0.193 e. The van der Waals surface area contributed by atoms with Gasteiger partial charge >= 0.3 is 0 Å². The highest BCUT2D eigenvalue weighted by Crippen LogP contribution is 2.15. The molecular formula is C19H22O. The molecule has 0 aliphatic rings. The summed E-state index contributed by atoms with van der Waals surface area (Å²) >= 11 is 0. The number of carbonyl (C=O) groups excluding carboxylic acids is 1. The molecule has 0 unspecified atom stereocenters. The summed E-state index contributed by atoms with van der Waals surface area (Å²) in [4.78, 5) is 12.6. The van der Waals surface area contributed by atoms with E-state index in [1.165, 1.54) is 11.1 Å². The first kappa shape index (κ1) is 14.5. The molecule has 0 fully saturated rings. The highest BCUT2D eigenvalue weighted by atomic mass is 16.1. The van der Waals surface area contributed by atoms with Gasteiger partial charge in [-0.1, -0.05) is 63.1 Å². The van der Waals surface area contributed by atoms with Crippen molar-refractivity contribution in [3.8, 4) is 0 Å². The molecule has 20 heavy (non-hydrogen) atoms. The van der Waals surface area contributed by atoms with E-state index in [1.807, 2.05) is 36.4 Å². The lowest BCUT2D eigenvalue weighted by Gasteiger charge is -2.06. The van der Waals surface area contributed by atoms with Crippen LogP contribution in [0.3, 0.4) is 0 Å². The summed E-state index contributed by atoms with van der Waals surface area (Å²) in [7, 11) is 0. The van der Waals surface area contributed by atoms with Crippen LogP contribution in [-0.4, -0.2) is 5.78 Å². The van der Waals surface area contributed by atoms with Gasteiger partial charge in [0.2, 0.25) is 0 Å². The molecule has 0 atom stereocenters. The van der Waals surface area contributed by atoms with E-state index in [-0.39, 0.29) is 5.78 Å². The third-order valence-corrected chi connectivity index (χ3v) is 3.46. The Kier molecular flexibility index (Phi) is 5.11. The van der Waals surface area contributed by atoms with Crippen molar-refractivity contribution in [2.75, 3.05) is 0 Å². The quantitative estimate of drug-likeness (QED) is 0.685. The Hall–Kier alpha value is -1.89. The van der Waals surface area contributed by atoms with Crippen molar-refractivity contribution in [3.63, 3.8) is 0 Å². The van der Waals surface area contributed by atoms with Gasteiger partial charge in [0, 0.05) is 11.1 Å². The third kappa shape index (κ3) is 3.57. The molecule has 0 aliphatic heterocycles. The van der Waals surface area contributed by atoms with E-state index >= 15 is 0 Å². The van der Waals surface area contributed by atoms with Crippen LogP contribution in [0.1, 0.15) is 53.7 Å². The predicted octanol–water partition coefficient (Wildman–Crippen LogP) is 4.82. The third-order valence-electron chi connectivity index (χ3n) is 3.46. The highest BCUT2D eigenvalue weighted by molar-refractivity contribution is 6.09. The zero-order valence-electron chi connectivity index (χ0n) is 12.4. The van der Waals surface area contributed by atoms with Gasteiger partial charge in [-0.05, 0) is 36.1 Å². The maximum atomic E-state index is 12.6. The van der Waals surface area contributed by atoms with Crippen LogP contribution in [0.25, 0.3) is 0 Å². The van der Waals surface area contributed by atoms with Crippen LogP contribution in [0.5, 0.6) is 0 Å². The van der Waals surface area contributed by atoms with E-state index in [0.29, 0.717) is 0 Å². The molecule has 0 saturated carbocycles. The fraction of sp³-hybridized carbons (Fsp3) is 0.316. The molecule has 0 spiro atoms. The van der Waals surface area contributed by atoms with E-state index in [4.69, 9.17) is 0 Å². The van der Waals surface area contributed by atoms with Crippen LogP contribution in [0.4, 0.5) is 0 Å². The van der Waals surface area contributed by atoms with Crippen molar-refractivity contribution in [3.05, 3.63) is 70.8 Å². The minimum absolute atomic E-state index is 0.126. The lowest BCUT2D eigenvalue weighted by molar-refractivity contribution is 0.103. The predicted molar refractivity (Wildman–Crippen MR) is 84.3 cm³/mol. The van der Waals surface area contributed by atoms with Crippen LogP contribution >= 0.6 is 0 Å². The van der Waals surface area contributed by atoms with Crippen molar-refractivity contribution < 1.29 is 4.79 Å².